The van der Waals surface area contributed by atoms with Crippen LogP contribution in [-0.4, -0.2) is 6.61 Å². The Labute approximate surface area is 94.8 Å². The molecule has 0 unspecified atom stereocenters. The molecule has 2 nitrogen and oxygen atoms in total. The topological polar surface area (TPSA) is 35.2 Å². The summed E-state index contributed by atoms with van der Waals surface area (Å²) >= 11 is 4.99. The summed E-state index contributed by atoms with van der Waals surface area (Å²) in [4.78, 5) is 0. The monoisotopic (exact) mass is 271 g/mol. The first kappa shape index (κ1) is 9.80. The van der Waals surface area contributed by atoms with Gasteiger partial charge in [0.25, 0.3) is 0 Å². The van der Waals surface area contributed by atoms with Crippen LogP contribution in [0.1, 0.15) is 6.92 Å². The normalized spacial score (nSPS) is 10.7. The number of ether oxygens (including phenoxy) is 1. The van der Waals surface area contributed by atoms with E-state index in [0.717, 1.165) is 25.3 Å². The van der Waals surface area contributed by atoms with Crippen molar-refractivity contribution in [2.24, 2.45) is 0 Å². The third kappa shape index (κ3) is 1.60. The van der Waals surface area contributed by atoms with Crippen molar-refractivity contribution in [2.75, 3.05) is 12.3 Å². The predicted molar refractivity (Wildman–Crippen MR) is 65.1 cm³/mol. The lowest BCUT2D eigenvalue weighted by atomic mass is 10.2. The smallest absolute Gasteiger partial charge is 0.174 e. The number of hydrogen-bond acceptors (Lipinski definition) is 3. The van der Waals surface area contributed by atoms with Gasteiger partial charge in [-0.3, -0.25) is 0 Å². The van der Waals surface area contributed by atoms with Crippen LogP contribution in [0.4, 0.5) is 5.69 Å². The van der Waals surface area contributed by atoms with Crippen molar-refractivity contribution in [3.05, 3.63) is 22.7 Å². The maximum atomic E-state index is 5.94. The Hall–Kier alpha value is -0.740. The quantitative estimate of drug-likeness (QED) is 0.847. The second-order valence-corrected chi connectivity index (χ2v) is 4.75. The zero-order valence-corrected chi connectivity index (χ0v) is 10.1. The molecule has 0 aliphatic carbocycles. The first-order valence-corrected chi connectivity index (χ1v) is 5.93. The van der Waals surface area contributed by atoms with Crippen LogP contribution in [0.2, 0.25) is 0 Å². The lowest BCUT2D eigenvalue weighted by molar-refractivity contribution is 0.350. The van der Waals surface area contributed by atoms with Gasteiger partial charge in [0.2, 0.25) is 0 Å². The molecule has 14 heavy (non-hydrogen) atoms. The molecule has 1 heterocycles. The summed E-state index contributed by atoms with van der Waals surface area (Å²) < 4.78 is 7.46. The van der Waals surface area contributed by atoms with Gasteiger partial charge in [0, 0.05) is 4.47 Å². The van der Waals surface area contributed by atoms with Crippen molar-refractivity contribution in [3.8, 4) is 5.06 Å². The summed E-state index contributed by atoms with van der Waals surface area (Å²) in [6.45, 7) is 2.66. The molecule has 0 atom stereocenters. The Morgan fingerprint density at radius 3 is 3.00 bits per heavy atom. The van der Waals surface area contributed by atoms with Gasteiger partial charge in [-0.25, -0.2) is 0 Å². The van der Waals surface area contributed by atoms with E-state index in [1.54, 1.807) is 11.3 Å². The van der Waals surface area contributed by atoms with Crippen LogP contribution in [-0.2, 0) is 0 Å². The second kappa shape index (κ2) is 3.79. The minimum Gasteiger partial charge on any atom is -0.484 e. The number of thiophene rings is 1. The van der Waals surface area contributed by atoms with Gasteiger partial charge in [0.15, 0.2) is 5.06 Å². The van der Waals surface area contributed by atoms with Crippen molar-refractivity contribution in [1.29, 1.82) is 0 Å². The maximum Gasteiger partial charge on any atom is 0.174 e. The summed E-state index contributed by atoms with van der Waals surface area (Å²) in [7, 11) is 0. The largest absolute Gasteiger partial charge is 0.484 e. The third-order valence-electron chi connectivity index (χ3n) is 1.94. The zero-order valence-electron chi connectivity index (χ0n) is 7.71. The van der Waals surface area contributed by atoms with Gasteiger partial charge in [-0.1, -0.05) is 17.4 Å². The molecule has 2 aromatic rings. The van der Waals surface area contributed by atoms with E-state index in [1.807, 2.05) is 25.1 Å². The molecule has 0 saturated carbocycles. The molecule has 4 heteroatoms. The highest BCUT2D eigenvalue weighted by molar-refractivity contribution is 9.10. The van der Waals surface area contributed by atoms with Crippen molar-refractivity contribution in [2.45, 2.75) is 6.92 Å². The van der Waals surface area contributed by atoms with Crippen molar-refractivity contribution in [1.82, 2.24) is 0 Å². The van der Waals surface area contributed by atoms with Crippen molar-refractivity contribution >= 4 is 43.0 Å². The molecule has 0 aliphatic rings. The van der Waals surface area contributed by atoms with Gasteiger partial charge in [-0.05, 0) is 40.4 Å². The molecule has 0 aliphatic heterocycles. The van der Waals surface area contributed by atoms with Crippen LogP contribution in [0.3, 0.4) is 0 Å². The number of hydrogen-bond donors (Lipinski definition) is 1. The van der Waals surface area contributed by atoms with Crippen LogP contribution in [0.25, 0.3) is 10.1 Å². The fourth-order valence-electron chi connectivity index (χ4n) is 1.29. The Morgan fingerprint density at radius 2 is 2.29 bits per heavy atom. The highest BCUT2D eigenvalue weighted by Gasteiger charge is 2.07. The van der Waals surface area contributed by atoms with E-state index < -0.39 is 0 Å². The molecule has 1 aromatic heterocycles. The standard InChI is InChI=1S/C10H10BrNOS/c1-2-13-8-5-6-3-4-7(11)9(12)10(6)14-8/h3-5H,2,12H2,1H3. The molecule has 0 spiro atoms. The van der Waals surface area contributed by atoms with E-state index in [4.69, 9.17) is 10.5 Å². The number of fused-ring (bicyclic) bond motifs is 1. The van der Waals surface area contributed by atoms with Crippen LogP contribution >= 0.6 is 27.3 Å². The van der Waals surface area contributed by atoms with Gasteiger partial charge in [0.1, 0.15) is 0 Å². The second-order valence-electron chi connectivity index (χ2n) is 2.88. The molecule has 0 bridgehead atoms. The minimum absolute atomic E-state index is 0.688. The molecule has 2 N–H and O–H groups in total. The first-order chi connectivity index (χ1) is 6.72. The van der Waals surface area contributed by atoms with Crippen molar-refractivity contribution in [3.63, 3.8) is 0 Å². The third-order valence-corrected chi connectivity index (χ3v) is 3.72. The number of rotatable bonds is 2. The Kier molecular flexibility index (Phi) is 2.65. The van der Waals surface area contributed by atoms with E-state index in [2.05, 4.69) is 15.9 Å². The average molecular weight is 272 g/mol. The minimum atomic E-state index is 0.688. The summed E-state index contributed by atoms with van der Waals surface area (Å²) in [5, 5.41) is 2.06. The SMILES string of the molecule is CCOc1cc2ccc(Br)c(N)c2s1. The fourth-order valence-corrected chi connectivity index (χ4v) is 2.78. The molecule has 0 radical (unpaired) electrons. The number of nitrogens with two attached hydrogens (primary N) is 1. The Balaban J connectivity index is 2.59. The number of halogens is 1. The molecule has 0 saturated heterocycles. The zero-order chi connectivity index (χ0) is 10.1. The molecule has 74 valence electrons. The maximum absolute atomic E-state index is 5.94. The predicted octanol–water partition coefficient (Wildman–Crippen LogP) is 3.64. The summed E-state index contributed by atoms with van der Waals surface area (Å²) in [5.41, 5.74) is 6.73. The van der Waals surface area contributed by atoms with E-state index in [9.17, 15) is 0 Å². The van der Waals surface area contributed by atoms with Gasteiger partial charge < -0.3 is 10.5 Å². The Morgan fingerprint density at radius 1 is 1.50 bits per heavy atom. The fraction of sp³-hybridized carbons (Fsp3) is 0.200. The first-order valence-electron chi connectivity index (χ1n) is 4.32. The highest BCUT2D eigenvalue weighted by atomic mass is 79.9. The average Bonchev–Trinajstić information content (AvgIpc) is 2.56. The number of nitrogen functional groups attached to an aromatic ring is 1. The summed E-state index contributed by atoms with van der Waals surface area (Å²) in [5.74, 6) is 0. The van der Waals surface area contributed by atoms with Crippen LogP contribution in [0.5, 0.6) is 5.06 Å². The molecule has 0 fully saturated rings. The van der Waals surface area contributed by atoms with Crippen LogP contribution < -0.4 is 10.5 Å². The molecule has 1 aromatic carbocycles. The number of benzene rings is 1. The Bertz CT molecular complexity index is 466. The number of anilines is 1. The van der Waals surface area contributed by atoms with Gasteiger partial charge in [-0.2, -0.15) is 0 Å². The van der Waals surface area contributed by atoms with Crippen LogP contribution in [0.15, 0.2) is 22.7 Å². The molecular weight excluding hydrogens is 262 g/mol. The lowest BCUT2D eigenvalue weighted by Gasteiger charge is -1.97. The highest BCUT2D eigenvalue weighted by Crippen LogP contribution is 2.38. The summed E-state index contributed by atoms with van der Waals surface area (Å²) in [6.07, 6.45) is 0. The van der Waals surface area contributed by atoms with Gasteiger partial charge >= 0.3 is 0 Å². The van der Waals surface area contributed by atoms with E-state index in [0.29, 0.717) is 6.61 Å². The molecular formula is C10H10BrNOS. The van der Waals surface area contributed by atoms with E-state index in [1.165, 1.54) is 0 Å². The molecule has 2 rings (SSSR count). The van der Waals surface area contributed by atoms with Gasteiger partial charge in [0.05, 0.1) is 17.0 Å². The van der Waals surface area contributed by atoms with Crippen molar-refractivity contribution < 1.29 is 4.74 Å². The summed E-state index contributed by atoms with van der Waals surface area (Å²) in [6, 6.07) is 6.02. The molecule has 0 amide bonds. The van der Waals surface area contributed by atoms with E-state index in [-0.39, 0.29) is 0 Å². The van der Waals surface area contributed by atoms with E-state index >= 15 is 0 Å². The van der Waals surface area contributed by atoms with Gasteiger partial charge in [-0.15, -0.1) is 0 Å². The lowest BCUT2D eigenvalue weighted by Crippen LogP contribution is -1.86. The van der Waals surface area contributed by atoms with Crippen LogP contribution in [0, 0.1) is 0 Å².